The zero-order valence-electron chi connectivity index (χ0n) is 11.9. The van der Waals surface area contributed by atoms with Gasteiger partial charge < -0.3 is 15.2 Å². The Morgan fingerprint density at radius 1 is 1.37 bits per heavy atom. The Balaban J connectivity index is 2.79. The first-order valence-electron chi connectivity index (χ1n) is 6.77. The molecule has 0 aromatic heterocycles. The van der Waals surface area contributed by atoms with Crippen LogP contribution in [0.2, 0.25) is 0 Å². The number of nitrogen functional groups attached to an aromatic ring is 1. The average Bonchev–Trinajstić information content (AvgIpc) is 2.37. The molecule has 0 spiro atoms. The fraction of sp³-hybridized carbons (Fsp3) is 0.533. The first kappa shape index (κ1) is 15.3. The van der Waals surface area contributed by atoms with Crippen LogP contribution in [-0.4, -0.2) is 19.2 Å². The lowest BCUT2D eigenvalue weighted by Crippen LogP contribution is -2.12. The standard InChI is InChI=1S/C15H23NO3/c1-4-6-11(3)10-19-14-9-12(16)7-8-13(14)15(17)18-5-2/h7-9,11H,4-6,10,16H2,1-3H3. The summed E-state index contributed by atoms with van der Waals surface area (Å²) in [6.45, 7) is 6.96. The van der Waals surface area contributed by atoms with Gasteiger partial charge in [-0.1, -0.05) is 20.3 Å². The van der Waals surface area contributed by atoms with Crippen LogP contribution < -0.4 is 10.5 Å². The SMILES string of the molecule is CCCC(C)COc1cc(N)ccc1C(=O)OCC. The van der Waals surface area contributed by atoms with E-state index in [1.165, 1.54) is 0 Å². The normalized spacial score (nSPS) is 11.9. The van der Waals surface area contributed by atoms with E-state index in [-0.39, 0.29) is 5.97 Å². The number of carbonyl (C=O) groups excluding carboxylic acids is 1. The second kappa shape index (κ2) is 7.67. The molecule has 0 heterocycles. The predicted molar refractivity (Wildman–Crippen MR) is 76.4 cm³/mol. The molecule has 0 saturated heterocycles. The molecule has 4 heteroatoms. The summed E-state index contributed by atoms with van der Waals surface area (Å²) < 4.78 is 10.7. The third kappa shape index (κ3) is 4.81. The second-order valence-electron chi connectivity index (χ2n) is 4.68. The van der Waals surface area contributed by atoms with E-state index in [0.717, 1.165) is 12.8 Å². The smallest absolute Gasteiger partial charge is 0.341 e. The summed E-state index contributed by atoms with van der Waals surface area (Å²) in [5.74, 6) is 0.573. The van der Waals surface area contributed by atoms with Crippen molar-refractivity contribution in [3.05, 3.63) is 23.8 Å². The van der Waals surface area contributed by atoms with Gasteiger partial charge in [0.25, 0.3) is 0 Å². The van der Waals surface area contributed by atoms with Crippen molar-refractivity contribution >= 4 is 11.7 Å². The van der Waals surface area contributed by atoms with Gasteiger partial charge in [-0.2, -0.15) is 0 Å². The average molecular weight is 265 g/mol. The summed E-state index contributed by atoms with van der Waals surface area (Å²) in [7, 11) is 0. The maximum atomic E-state index is 11.8. The van der Waals surface area contributed by atoms with Crippen LogP contribution in [0.25, 0.3) is 0 Å². The van der Waals surface area contributed by atoms with Gasteiger partial charge >= 0.3 is 5.97 Å². The Kier molecular flexibility index (Phi) is 6.19. The van der Waals surface area contributed by atoms with Gasteiger partial charge in [0.1, 0.15) is 11.3 Å². The first-order valence-corrected chi connectivity index (χ1v) is 6.77. The van der Waals surface area contributed by atoms with Crippen LogP contribution in [0.1, 0.15) is 44.0 Å². The van der Waals surface area contributed by atoms with Crippen molar-refractivity contribution in [2.45, 2.75) is 33.6 Å². The maximum absolute atomic E-state index is 11.8. The molecular weight excluding hydrogens is 242 g/mol. The third-order valence-corrected chi connectivity index (χ3v) is 2.81. The van der Waals surface area contributed by atoms with Gasteiger partial charge in [0, 0.05) is 11.8 Å². The number of carbonyl (C=O) groups is 1. The molecule has 1 aromatic rings. The monoisotopic (exact) mass is 265 g/mol. The van der Waals surface area contributed by atoms with E-state index in [0.29, 0.717) is 36.1 Å². The molecule has 0 radical (unpaired) electrons. The fourth-order valence-corrected chi connectivity index (χ4v) is 1.84. The van der Waals surface area contributed by atoms with Crippen LogP contribution in [0.15, 0.2) is 18.2 Å². The molecule has 19 heavy (non-hydrogen) atoms. The van der Waals surface area contributed by atoms with E-state index in [1.807, 2.05) is 0 Å². The van der Waals surface area contributed by atoms with Crippen LogP contribution in [0, 0.1) is 5.92 Å². The predicted octanol–water partition coefficient (Wildman–Crippen LogP) is 3.26. The zero-order chi connectivity index (χ0) is 14.3. The lowest BCUT2D eigenvalue weighted by molar-refractivity contribution is 0.0521. The van der Waals surface area contributed by atoms with Crippen LogP contribution in [-0.2, 0) is 4.74 Å². The van der Waals surface area contributed by atoms with E-state index >= 15 is 0 Å². The summed E-state index contributed by atoms with van der Waals surface area (Å²) >= 11 is 0. The Morgan fingerprint density at radius 3 is 2.74 bits per heavy atom. The Labute approximate surface area is 114 Å². The zero-order valence-corrected chi connectivity index (χ0v) is 11.9. The van der Waals surface area contributed by atoms with Crippen molar-refractivity contribution < 1.29 is 14.3 Å². The molecule has 1 aromatic carbocycles. The molecule has 1 rings (SSSR count). The number of anilines is 1. The number of hydrogen-bond donors (Lipinski definition) is 1. The molecule has 106 valence electrons. The van der Waals surface area contributed by atoms with Crippen molar-refractivity contribution in [2.24, 2.45) is 5.92 Å². The van der Waals surface area contributed by atoms with Gasteiger partial charge in [0.2, 0.25) is 0 Å². The van der Waals surface area contributed by atoms with Gasteiger partial charge in [0.05, 0.1) is 13.2 Å². The third-order valence-electron chi connectivity index (χ3n) is 2.81. The molecule has 0 aliphatic heterocycles. The molecule has 0 fully saturated rings. The van der Waals surface area contributed by atoms with E-state index in [2.05, 4.69) is 13.8 Å². The second-order valence-corrected chi connectivity index (χ2v) is 4.68. The number of nitrogens with two attached hydrogens (primary N) is 1. The summed E-state index contributed by atoms with van der Waals surface area (Å²) in [6.07, 6.45) is 2.21. The Morgan fingerprint density at radius 2 is 2.11 bits per heavy atom. The van der Waals surface area contributed by atoms with Crippen LogP contribution in [0.3, 0.4) is 0 Å². The van der Waals surface area contributed by atoms with Crippen LogP contribution in [0.5, 0.6) is 5.75 Å². The van der Waals surface area contributed by atoms with Gasteiger partial charge in [-0.3, -0.25) is 0 Å². The van der Waals surface area contributed by atoms with E-state index in [9.17, 15) is 4.79 Å². The number of esters is 1. The molecule has 0 saturated carbocycles. The molecule has 0 aliphatic carbocycles. The number of rotatable bonds is 7. The van der Waals surface area contributed by atoms with Crippen LogP contribution in [0.4, 0.5) is 5.69 Å². The highest BCUT2D eigenvalue weighted by Gasteiger charge is 2.14. The molecule has 0 amide bonds. The Hall–Kier alpha value is -1.71. The number of ether oxygens (including phenoxy) is 2. The summed E-state index contributed by atoms with van der Waals surface area (Å²) in [5, 5.41) is 0. The highest BCUT2D eigenvalue weighted by molar-refractivity contribution is 5.93. The summed E-state index contributed by atoms with van der Waals surface area (Å²) in [4.78, 5) is 11.8. The van der Waals surface area contributed by atoms with Crippen molar-refractivity contribution in [3.63, 3.8) is 0 Å². The molecule has 1 unspecified atom stereocenters. The van der Waals surface area contributed by atoms with E-state index in [1.54, 1.807) is 25.1 Å². The minimum absolute atomic E-state index is 0.342. The summed E-state index contributed by atoms with van der Waals surface area (Å²) in [6, 6.07) is 4.99. The van der Waals surface area contributed by atoms with E-state index < -0.39 is 0 Å². The lowest BCUT2D eigenvalue weighted by Gasteiger charge is -2.15. The van der Waals surface area contributed by atoms with Gasteiger partial charge in [-0.25, -0.2) is 4.79 Å². The number of hydrogen-bond acceptors (Lipinski definition) is 4. The van der Waals surface area contributed by atoms with Crippen molar-refractivity contribution in [2.75, 3.05) is 18.9 Å². The van der Waals surface area contributed by atoms with Crippen molar-refractivity contribution in [1.29, 1.82) is 0 Å². The quantitative estimate of drug-likeness (QED) is 0.607. The molecular formula is C15H23NO3. The highest BCUT2D eigenvalue weighted by atomic mass is 16.5. The first-order chi connectivity index (χ1) is 9.08. The molecule has 2 N–H and O–H groups in total. The van der Waals surface area contributed by atoms with Gasteiger partial charge in [-0.15, -0.1) is 0 Å². The van der Waals surface area contributed by atoms with Crippen molar-refractivity contribution in [3.8, 4) is 5.75 Å². The van der Waals surface area contributed by atoms with Gasteiger partial charge in [-0.05, 0) is 31.4 Å². The maximum Gasteiger partial charge on any atom is 0.341 e. The van der Waals surface area contributed by atoms with E-state index in [4.69, 9.17) is 15.2 Å². The largest absolute Gasteiger partial charge is 0.492 e. The summed E-state index contributed by atoms with van der Waals surface area (Å²) in [5.41, 5.74) is 6.74. The number of benzene rings is 1. The van der Waals surface area contributed by atoms with Crippen LogP contribution >= 0.6 is 0 Å². The fourth-order valence-electron chi connectivity index (χ4n) is 1.84. The Bertz CT molecular complexity index is 418. The minimum atomic E-state index is -0.374. The van der Waals surface area contributed by atoms with Gasteiger partial charge in [0.15, 0.2) is 0 Å². The molecule has 0 aliphatic rings. The lowest BCUT2D eigenvalue weighted by atomic mass is 10.1. The minimum Gasteiger partial charge on any atom is -0.492 e. The van der Waals surface area contributed by atoms with Crippen molar-refractivity contribution in [1.82, 2.24) is 0 Å². The highest BCUT2D eigenvalue weighted by Crippen LogP contribution is 2.23. The topological polar surface area (TPSA) is 61.5 Å². The molecule has 0 bridgehead atoms. The molecule has 4 nitrogen and oxygen atoms in total. The molecule has 1 atom stereocenters.